The minimum Gasteiger partial charge on any atom is -0.395 e. The molecule has 0 saturated carbocycles. The van der Waals surface area contributed by atoms with Crippen LogP contribution in [0.5, 0.6) is 0 Å². The summed E-state index contributed by atoms with van der Waals surface area (Å²) in [5, 5.41) is 9.15. The number of hydrogen-bond donors (Lipinski definition) is 2. The van der Waals surface area contributed by atoms with Crippen LogP contribution in [0.1, 0.15) is 41.5 Å². The first-order valence-electron chi connectivity index (χ1n) is 6.92. The van der Waals surface area contributed by atoms with Gasteiger partial charge in [0.05, 0.1) is 17.8 Å². The van der Waals surface area contributed by atoms with Crippen LogP contribution >= 0.6 is 0 Å². The fourth-order valence-electron chi connectivity index (χ4n) is 3.01. The fraction of sp³-hybridized carbons (Fsp3) is 1.00. The molecule has 0 radical (unpaired) electrons. The highest BCUT2D eigenvalue weighted by Crippen LogP contribution is 2.41. The van der Waals surface area contributed by atoms with Gasteiger partial charge in [-0.1, -0.05) is 0 Å². The van der Waals surface area contributed by atoms with Gasteiger partial charge in [-0.05, 0) is 41.5 Å². The van der Waals surface area contributed by atoms with Crippen molar-refractivity contribution in [3.8, 4) is 0 Å². The van der Waals surface area contributed by atoms with Crippen molar-refractivity contribution >= 4 is 0 Å². The van der Waals surface area contributed by atoms with Crippen LogP contribution in [0.3, 0.4) is 0 Å². The molecule has 0 spiro atoms. The first-order chi connectivity index (χ1) is 8.12. The topological polar surface area (TPSA) is 58.7 Å². The van der Waals surface area contributed by atoms with E-state index < -0.39 is 0 Å². The SMILES string of the molecule is CC(C)N(CCO)CC1C(N)C(C)(C)OC1(C)C. The second kappa shape index (κ2) is 5.45. The third-order valence-electron chi connectivity index (χ3n) is 4.20. The lowest BCUT2D eigenvalue weighted by atomic mass is 9.82. The number of ether oxygens (including phenoxy) is 1. The van der Waals surface area contributed by atoms with Crippen LogP contribution < -0.4 is 5.73 Å². The summed E-state index contributed by atoms with van der Waals surface area (Å²) in [6, 6.07) is 0.427. The molecule has 1 fully saturated rings. The zero-order valence-electron chi connectivity index (χ0n) is 12.7. The number of rotatable bonds is 5. The largest absolute Gasteiger partial charge is 0.395 e. The average molecular weight is 258 g/mol. The van der Waals surface area contributed by atoms with E-state index >= 15 is 0 Å². The van der Waals surface area contributed by atoms with Crippen molar-refractivity contribution in [3.63, 3.8) is 0 Å². The van der Waals surface area contributed by atoms with E-state index in [2.05, 4.69) is 46.4 Å². The second-order valence-electron chi connectivity index (χ2n) is 6.75. The Balaban J connectivity index is 2.81. The van der Waals surface area contributed by atoms with Crippen molar-refractivity contribution in [1.29, 1.82) is 0 Å². The molecule has 1 heterocycles. The molecule has 0 amide bonds. The maximum Gasteiger partial charge on any atom is 0.0788 e. The predicted molar refractivity (Wildman–Crippen MR) is 74.5 cm³/mol. The van der Waals surface area contributed by atoms with Gasteiger partial charge in [0.2, 0.25) is 0 Å². The molecule has 4 heteroatoms. The van der Waals surface area contributed by atoms with Gasteiger partial charge in [-0.2, -0.15) is 0 Å². The van der Waals surface area contributed by atoms with E-state index in [0.717, 1.165) is 6.54 Å². The highest BCUT2D eigenvalue weighted by Gasteiger charge is 2.52. The summed E-state index contributed by atoms with van der Waals surface area (Å²) in [7, 11) is 0. The Kier molecular flexibility index (Phi) is 4.81. The molecule has 2 atom stereocenters. The molecule has 0 aromatic heterocycles. The second-order valence-corrected chi connectivity index (χ2v) is 6.75. The van der Waals surface area contributed by atoms with Gasteiger partial charge in [-0.25, -0.2) is 0 Å². The Morgan fingerprint density at radius 2 is 1.78 bits per heavy atom. The smallest absolute Gasteiger partial charge is 0.0788 e. The first kappa shape index (κ1) is 15.9. The maximum absolute atomic E-state index is 9.15. The van der Waals surface area contributed by atoms with Crippen LogP contribution in [0.15, 0.2) is 0 Å². The number of aliphatic hydroxyl groups excluding tert-OH is 1. The van der Waals surface area contributed by atoms with Crippen molar-refractivity contribution < 1.29 is 9.84 Å². The Bertz CT molecular complexity index is 277. The van der Waals surface area contributed by atoms with E-state index in [1.54, 1.807) is 0 Å². The molecule has 2 unspecified atom stereocenters. The molecule has 0 aromatic rings. The van der Waals surface area contributed by atoms with Crippen LogP contribution in [-0.2, 0) is 4.74 Å². The molecule has 4 nitrogen and oxygen atoms in total. The van der Waals surface area contributed by atoms with Crippen LogP contribution in [-0.4, -0.2) is 53.0 Å². The van der Waals surface area contributed by atoms with E-state index in [1.165, 1.54) is 0 Å². The number of aliphatic hydroxyl groups is 1. The number of nitrogens with two attached hydrogens (primary N) is 1. The van der Waals surface area contributed by atoms with Crippen LogP contribution in [0.25, 0.3) is 0 Å². The lowest BCUT2D eigenvalue weighted by Crippen LogP contribution is -2.49. The highest BCUT2D eigenvalue weighted by molar-refractivity contribution is 5.04. The van der Waals surface area contributed by atoms with Crippen molar-refractivity contribution in [2.75, 3.05) is 19.7 Å². The summed E-state index contributed by atoms with van der Waals surface area (Å²) in [5.41, 5.74) is 5.86. The van der Waals surface area contributed by atoms with Gasteiger partial charge in [-0.3, -0.25) is 4.90 Å². The molecule has 3 N–H and O–H groups in total. The van der Waals surface area contributed by atoms with Gasteiger partial charge in [-0.15, -0.1) is 0 Å². The van der Waals surface area contributed by atoms with Gasteiger partial charge < -0.3 is 15.6 Å². The summed E-state index contributed by atoms with van der Waals surface area (Å²) >= 11 is 0. The summed E-state index contributed by atoms with van der Waals surface area (Å²) in [6.07, 6.45) is 0. The Hall–Kier alpha value is -0.160. The molecule has 18 heavy (non-hydrogen) atoms. The van der Waals surface area contributed by atoms with Gasteiger partial charge in [0.25, 0.3) is 0 Å². The van der Waals surface area contributed by atoms with Gasteiger partial charge in [0.15, 0.2) is 0 Å². The van der Waals surface area contributed by atoms with Crippen LogP contribution in [0, 0.1) is 5.92 Å². The Labute approximate surface area is 111 Å². The summed E-state index contributed by atoms with van der Waals surface area (Å²) in [4.78, 5) is 2.27. The van der Waals surface area contributed by atoms with Crippen molar-refractivity contribution in [2.24, 2.45) is 11.7 Å². The lowest BCUT2D eigenvalue weighted by Gasteiger charge is -2.35. The molecule has 0 aliphatic carbocycles. The van der Waals surface area contributed by atoms with Crippen molar-refractivity contribution in [3.05, 3.63) is 0 Å². The molecule has 0 aromatic carbocycles. The molecular weight excluding hydrogens is 228 g/mol. The van der Waals surface area contributed by atoms with Crippen LogP contribution in [0.4, 0.5) is 0 Å². The third-order valence-corrected chi connectivity index (χ3v) is 4.20. The third kappa shape index (κ3) is 3.23. The average Bonchev–Trinajstić information content (AvgIpc) is 2.34. The predicted octanol–water partition coefficient (Wildman–Crippen LogP) is 1.22. The summed E-state index contributed by atoms with van der Waals surface area (Å²) in [6.45, 7) is 14.4. The maximum atomic E-state index is 9.15. The summed E-state index contributed by atoms with van der Waals surface area (Å²) in [5.74, 6) is 0.279. The normalized spacial score (nSPS) is 30.3. The van der Waals surface area contributed by atoms with E-state index in [-0.39, 0.29) is 29.8 Å². The van der Waals surface area contributed by atoms with Crippen molar-refractivity contribution in [1.82, 2.24) is 4.90 Å². The Morgan fingerprint density at radius 3 is 2.11 bits per heavy atom. The van der Waals surface area contributed by atoms with Gasteiger partial charge >= 0.3 is 0 Å². The molecule has 0 bridgehead atoms. The molecule has 1 aliphatic rings. The molecule has 1 aliphatic heterocycles. The minimum atomic E-state index is -0.282. The monoisotopic (exact) mass is 258 g/mol. The highest BCUT2D eigenvalue weighted by atomic mass is 16.5. The molecular formula is C14H30N2O2. The lowest BCUT2D eigenvalue weighted by molar-refractivity contribution is -0.0792. The molecule has 1 saturated heterocycles. The van der Waals surface area contributed by atoms with Gasteiger partial charge in [0.1, 0.15) is 0 Å². The first-order valence-corrected chi connectivity index (χ1v) is 6.92. The van der Waals surface area contributed by atoms with E-state index in [0.29, 0.717) is 12.6 Å². The molecule has 1 rings (SSSR count). The van der Waals surface area contributed by atoms with E-state index in [4.69, 9.17) is 15.6 Å². The zero-order chi connectivity index (χ0) is 14.1. The fourth-order valence-corrected chi connectivity index (χ4v) is 3.01. The standard InChI is InChI=1S/C14H30N2O2/c1-10(2)16(7-8-17)9-11-12(15)14(5,6)18-13(11,3)4/h10-12,17H,7-9,15H2,1-6H3. The van der Waals surface area contributed by atoms with Gasteiger partial charge in [0, 0.05) is 31.1 Å². The molecule has 108 valence electrons. The van der Waals surface area contributed by atoms with E-state index in [1.807, 2.05) is 0 Å². The number of nitrogens with zero attached hydrogens (tertiary/aromatic N) is 1. The minimum absolute atomic E-state index is 0.0208. The summed E-state index contributed by atoms with van der Waals surface area (Å²) < 4.78 is 6.11. The van der Waals surface area contributed by atoms with Crippen LogP contribution in [0.2, 0.25) is 0 Å². The van der Waals surface area contributed by atoms with Crippen molar-refractivity contribution in [2.45, 2.75) is 64.8 Å². The van der Waals surface area contributed by atoms with E-state index in [9.17, 15) is 0 Å². The quantitative estimate of drug-likeness (QED) is 0.778. The number of hydrogen-bond acceptors (Lipinski definition) is 4. The zero-order valence-corrected chi connectivity index (χ0v) is 12.7. The Morgan fingerprint density at radius 1 is 1.22 bits per heavy atom.